The first-order valence-corrected chi connectivity index (χ1v) is 7.82. The average Bonchev–Trinajstić information content (AvgIpc) is 2.55. The number of rotatable bonds is 1. The van der Waals surface area contributed by atoms with E-state index < -0.39 is 23.9 Å². The molecule has 132 valence electrons. The van der Waals surface area contributed by atoms with Gasteiger partial charge in [-0.25, -0.2) is 4.79 Å². The molecular formula is C18H17F3N2O2. The van der Waals surface area contributed by atoms with E-state index in [1.165, 1.54) is 11.0 Å². The number of benzene rings is 2. The monoisotopic (exact) mass is 350 g/mol. The lowest BCUT2D eigenvalue weighted by Gasteiger charge is -2.30. The molecule has 1 heterocycles. The lowest BCUT2D eigenvalue weighted by Crippen LogP contribution is -2.39. The van der Waals surface area contributed by atoms with E-state index in [-0.39, 0.29) is 13.1 Å². The van der Waals surface area contributed by atoms with Crippen molar-refractivity contribution in [2.75, 3.05) is 13.1 Å². The molecule has 2 N–H and O–H groups in total. The van der Waals surface area contributed by atoms with Crippen molar-refractivity contribution in [3.8, 4) is 0 Å². The predicted molar refractivity (Wildman–Crippen MR) is 86.2 cm³/mol. The third-order valence-electron chi connectivity index (χ3n) is 4.28. The molecule has 0 fully saturated rings. The fourth-order valence-corrected chi connectivity index (χ4v) is 3.05. The van der Waals surface area contributed by atoms with Crippen molar-refractivity contribution >= 4 is 6.09 Å². The van der Waals surface area contributed by atoms with Crippen LogP contribution in [0.5, 0.6) is 0 Å². The van der Waals surface area contributed by atoms with Crippen LogP contribution in [-0.2, 0) is 12.7 Å². The number of carbonyl (C=O) groups is 1. The SMILES string of the molecule is O=C(O)N1CCNC(c2cccc(C(F)(F)F)c2)c2ccccc2C1. The number of halogens is 3. The Hall–Kier alpha value is -2.54. The van der Waals surface area contributed by atoms with Crippen molar-refractivity contribution in [3.63, 3.8) is 0 Å². The van der Waals surface area contributed by atoms with Crippen LogP contribution in [0, 0.1) is 0 Å². The Balaban J connectivity index is 2.02. The summed E-state index contributed by atoms with van der Waals surface area (Å²) in [6.07, 6.45) is -5.42. The van der Waals surface area contributed by atoms with Crippen LogP contribution < -0.4 is 5.32 Å². The molecule has 0 aromatic heterocycles. The Bertz CT molecular complexity index is 777. The van der Waals surface area contributed by atoms with Gasteiger partial charge in [-0.15, -0.1) is 0 Å². The van der Waals surface area contributed by atoms with Crippen LogP contribution in [0.1, 0.15) is 28.3 Å². The highest BCUT2D eigenvalue weighted by Gasteiger charge is 2.31. The van der Waals surface area contributed by atoms with Crippen LogP contribution in [0.3, 0.4) is 0 Å². The van der Waals surface area contributed by atoms with Gasteiger partial charge in [0.1, 0.15) is 0 Å². The first-order chi connectivity index (χ1) is 11.9. The van der Waals surface area contributed by atoms with Crippen molar-refractivity contribution < 1.29 is 23.1 Å². The predicted octanol–water partition coefficient (Wildman–Crippen LogP) is 3.88. The van der Waals surface area contributed by atoms with Crippen LogP contribution >= 0.6 is 0 Å². The maximum Gasteiger partial charge on any atom is 0.416 e. The van der Waals surface area contributed by atoms with E-state index in [9.17, 15) is 23.1 Å². The van der Waals surface area contributed by atoms with Gasteiger partial charge in [0.25, 0.3) is 0 Å². The third-order valence-corrected chi connectivity index (χ3v) is 4.28. The molecule has 0 saturated carbocycles. The van der Waals surface area contributed by atoms with Crippen molar-refractivity contribution in [1.29, 1.82) is 0 Å². The van der Waals surface area contributed by atoms with Crippen molar-refractivity contribution in [2.24, 2.45) is 0 Å². The average molecular weight is 350 g/mol. The van der Waals surface area contributed by atoms with E-state index in [1.54, 1.807) is 24.3 Å². The third kappa shape index (κ3) is 3.76. The highest BCUT2D eigenvalue weighted by molar-refractivity contribution is 5.65. The van der Waals surface area contributed by atoms with E-state index in [2.05, 4.69) is 5.32 Å². The Morgan fingerprint density at radius 2 is 1.92 bits per heavy atom. The maximum atomic E-state index is 13.0. The van der Waals surface area contributed by atoms with E-state index in [1.807, 2.05) is 6.07 Å². The number of hydrogen-bond acceptors (Lipinski definition) is 2. The maximum absolute atomic E-state index is 13.0. The number of carboxylic acid groups (broad SMARTS) is 1. The second-order valence-electron chi connectivity index (χ2n) is 5.91. The summed E-state index contributed by atoms with van der Waals surface area (Å²) in [5, 5.41) is 12.4. The van der Waals surface area contributed by atoms with Gasteiger partial charge in [-0.1, -0.05) is 36.4 Å². The molecule has 3 rings (SSSR count). The van der Waals surface area contributed by atoms with E-state index in [0.717, 1.165) is 23.3 Å². The minimum absolute atomic E-state index is 0.211. The smallest absolute Gasteiger partial charge is 0.416 e. The number of amides is 1. The van der Waals surface area contributed by atoms with Crippen molar-refractivity contribution in [2.45, 2.75) is 18.8 Å². The molecule has 1 aliphatic heterocycles. The normalized spacial score (nSPS) is 18.2. The summed E-state index contributed by atoms with van der Waals surface area (Å²) in [5.41, 5.74) is 1.37. The number of nitrogens with zero attached hydrogens (tertiary/aromatic N) is 1. The molecule has 2 aromatic carbocycles. The second kappa shape index (κ2) is 6.76. The summed E-state index contributed by atoms with van der Waals surface area (Å²) in [5.74, 6) is 0. The van der Waals surface area contributed by atoms with Crippen LogP contribution in [-0.4, -0.2) is 29.2 Å². The number of hydrogen-bond donors (Lipinski definition) is 2. The van der Waals surface area contributed by atoms with Gasteiger partial charge in [-0.2, -0.15) is 13.2 Å². The molecule has 0 radical (unpaired) electrons. The van der Waals surface area contributed by atoms with Crippen LogP contribution in [0.25, 0.3) is 0 Å². The van der Waals surface area contributed by atoms with Gasteiger partial charge in [-0.3, -0.25) is 0 Å². The van der Waals surface area contributed by atoms with Crippen molar-refractivity contribution in [1.82, 2.24) is 10.2 Å². The van der Waals surface area contributed by atoms with Crippen LogP contribution in [0.15, 0.2) is 48.5 Å². The summed E-state index contributed by atoms with van der Waals surface area (Å²) in [6, 6.07) is 12.0. The molecule has 0 spiro atoms. The Morgan fingerprint density at radius 3 is 2.64 bits per heavy atom. The number of nitrogens with one attached hydrogen (secondary N) is 1. The van der Waals surface area contributed by atoms with Gasteiger partial charge in [0.15, 0.2) is 0 Å². The molecule has 2 aromatic rings. The largest absolute Gasteiger partial charge is 0.465 e. The van der Waals surface area contributed by atoms with Gasteiger partial charge < -0.3 is 15.3 Å². The minimum Gasteiger partial charge on any atom is -0.465 e. The van der Waals surface area contributed by atoms with Gasteiger partial charge >= 0.3 is 12.3 Å². The molecule has 0 bridgehead atoms. The highest BCUT2D eigenvalue weighted by atomic mass is 19.4. The Kier molecular flexibility index (Phi) is 4.67. The molecule has 0 saturated heterocycles. The minimum atomic E-state index is -4.41. The summed E-state index contributed by atoms with van der Waals surface area (Å²) < 4.78 is 39.1. The van der Waals surface area contributed by atoms with Crippen LogP contribution in [0.2, 0.25) is 0 Å². The standard InChI is InChI=1S/C18H17F3N2O2/c19-18(20,21)14-6-3-5-12(10-14)16-15-7-2-1-4-13(15)11-23(17(24)25)9-8-22-16/h1-7,10,16,22H,8-9,11H2,(H,24,25). The fourth-order valence-electron chi connectivity index (χ4n) is 3.05. The second-order valence-corrected chi connectivity index (χ2v) is 5.91. The zero-order chi connectivity index (χ0) is 18.0. The molecule has 1 atom stereocenters. The molecule has 7 heteroatoms. The van der Waals surface area contributed by atoms with Gasteiger partial charge in [0.05, 0.1) is 11.6 Å². The number of alkyl halides is 3. The van der Waals surface area contributed by atoms with E-state index in [4.69, 9.17) is 0 Å². The fraction of sp³-hybridized carbons (Fsp3) is 0.278. The lowest BCUT2D eigenvalue weighted by atomic mass is 9.92. The Morgan fingerprint density at radius 1 is 1.16 bits per heavy atom. The molecule has 1 amide bonds. The zero-order valence-electron chi connectivity index (χ0n) is 13.3. The molecular weight excluding hydrogens is 333 g/mol. The van der Waals surface area contributed by atoms with Gasteiger partial charge in [0, 0.05) is 19.6 Å². The molecule has 1 unspecified atom stereocenters. The van der Waals surface area contributed by atoms with E-state index >= 15 is 0 Å². The van der Waals surface area contributed by atoms with Crippen molar-refractivity contribution in [3.05, 3.63) is 70.8 Å². The zero-order valence-corrected chi connectivity index (χ0v) is 13.3. The summed E-state index contributed by atoms with van der Waals surface area (Å²) in [4.78, 5) is 12.6. The Labute approximate surface area is 142 Å². The molecule has 4 nitrogen and oxygen atoms in total. The highest BCUT2D eigenvalue weighted by Crippen LogP contribution is 2.33. The topological polar surface area (TPSA) is 52.6 Å². The van der Waals surface area contributed by atoms with Crippen LogP contribution in [0.4, 0.5) is 18.0 Å². The van der Waals surface area contributed by atoms with Gasteiger partial charge in [0.2, 0.25) is 0 Å². The summed E-state index contributed by atoms with van der Waals surface area (Å²) in [6.45, 7) is 0.823. The first-order valence-electron chi connectivity index (χ1n) is 7.82. The quantitative estimate of drug-likeness (QED) is 0.821. The summed E-state index contributed by atoms with van der Waals surface area (Å²) in [7, 11) is 0. The summed E-state index contributed by atoms with van der Waals surface area (Å²) >= 11 is 0. The molecule has 25 heavy (non-hydrogen) atoms. The first kappa shape index (κ1) is 17.3. The van der Waals surface area contributed by atoms with E-state index in [0.29, 0.717) is 12.1 Å². The van der Waals surface area contributed by atoms with Gasteiger partial charge in [-0.05, 0) is 28.8 Å². The molecule has 0 aliphatic carbocycles. The number of fused-ring (bicyclic) bond motifs is 1. The lowest BCUT2D eigenvalue weighted by molar-refractivity contribution is -0.137. The molecule has 1 aliphatic rings.